The first kappa shape index (κ1) is 19.8. The zero-order valence-corrected chi connectivity index (χ0v) is 16.2. The number of amides is 2. The summed E-state index contributed by atoms with van der Waals surface area (Å²) >= 11 is 6.01. The Morgan fingerprint density at radius 2 is 1.89 bits per heavy atom. The number of nitrogens with zero attached hydrogens (tertiary/aromatic N) is 1. The van der Waals surface area contributed by atoms with Crippen molar-refractivity contribution in [3.63, 3.8) is 0 Å². The van der Waals surface area contributed by atoms with Gasteiger partial charge in [0.05, 0.1) is 11.6 Å². The van der Waals surface area contributed by atoms with Crippen molar-refractivity contribution in [2.75, 3.05) is 38.2 Å². The number of rotatable bonds is 7. The SMILES string of the molecule is CCN(CC(=O)Nc1ccc2c(c1)OCCO2)C(=O)COc1ccccc1Cl. The maximum atomic E-state index is 12.4. The molecule has 0 aliphatic carbocycles. The number of ether oxygens (including phenoxy) is 3. The van der Waals surface area contributed by atoms with Gasteiger partial charge in [-0.25, -0.2) is 0 Å². The largest absolute Gasteiger partial charge is 0.486 e. The number of para-hydroxylation sites is 1. The number of likely N-dealkylation sites (N-methyl/N-ethyl adjacent to an activating group) is 1. The number of fused-ring (bicyclic) bond motifs is 1. The topological polar surface area (TPSA) is 77.1 Å². The average Bonchev–Trinajstić information content (AvgIpc) is 2.71. The Morgan fingerprint density at radius 1 is 1.14 bits per heavy atom. The van der Waals surface area contributed by atoms with Gasteiger partial charge in [0.2, 0.25) is 5.91 Å². The van der Waals surface area contributed by atoms with E-state index in [2.05, 4.69) is 5.32 Å². The number of carbonyl (C=O) groups is 2. The second-order valence-corrected chi connectivity index (χ2v) is 6.44. The van der Waals surface area contributed by atoms with Crippen LogP contribution >= 0.6 is 11.6 Å². The molecular weight excluding hydrogens is 384 g/mol. The van der Waals surface area contributed by atoms with Gasteiger partial charge in [0.15, 0.2) is 18.1 Å². The van der Waals surface area contributed by atoms with E-state index in [1.54, 1.807) is 49.4 Å². The normalized spacial score (nSPS) is 12.2. The minimum absolute atomic E-state index is 0.0876. The molecule has 2 aromatic carbocycles. The fraction of sp³-hybridized carbons (Fsp3) is 0.300. The summed E-state index contributed by atoms with van der Waals surface area (Å²) < 4.78 is 16.4. The number of hydrogen-bond acceptors (Lipinski definition) is 5. The van der Waals surface area contributed by atoms with Crippen LogP contribution in [0.4, 0.5) is 5.69 Å². The van der Waals surface area contributed by atoms with Crippen LogP contribution in [0, 0.1) is 0 Å². The number of halogens is 1. The molecule has 0 spiro atoms. The van der Waals surface area contributed by atoms with E-state index in [9.17, 15) is 9.59 Å². The smallest absolute Gasteiger partial charge is 0.260 e. The van der Waals surface area contributed by atoms with E-state index in [1.165, 1.54) is 4.90 Å². The molecule has 28 heavy (non-hydrogen) atoms. The molecule has 1 aliphatic rings. The van der Waals surface area contributed by atoms with Crippen LogP contribution < -0.4 is 19.5 Å². The molecule has 1 heterocycles. The Balaban J connectivity index is 1.54. The molecule has 0 fully saturated rings. The maximum Gasteiger partial charge on any atom is 0.260 e. The summed E-state index contributed by atoms with van der Waals surface area (Å²) in [6.07, 6.45) is 0. The van der Waals surface area contributed by atoms with Crippen molar-refractivity contribution in [2.24, 2.45) is 0 Å². The van der Waals surface area contributed by atoms with Crippen molar-refractivity contribution in [3.05, 3.63) is 47.5 Å². The highest BCUT2D eigenvalue weighted by molar-refractivity contribution is 6.32. The molecule has 2 amide bonds. The first-order valence-electron chi connectivity index (χ1n) is 8.91. The fourth-order valence-corrected chi connectivity index (χ4v) is 2.85. The quantitative estimate of drug-likeness (QED) is 0.767. The molecule has 7 nitrogen and oxygen atoms in total. The average molecular weight is 405 g/mol. The molecule has 0 saturated carbocycles. The van der Waals surface area contributed by atoms with Gasteiger partial charge in [0.25, 0.3) is 5.91 Å². The summed E-state index contributed by atoms with van der Waals surface area (Å²) in [5.74, 6) is 1.03. The highest BCUT2D eigenvalue weighted by Gasteiger charge is 2.18. The van der Waals surface area contributed by atoms with Crippen LogP contribution in [0.25, 0.3) is 0 Å². The lowest BCUT2D eigenvalue weighted by Crippen LogP contribution is -2.40. The summed E-state index contributed by atoms with van der Waals surface area (Å²) in [4.78, 5) is 26.1. The Kier molecular flexibility index (Phi) is 6.60. The lowest BCUT2D eigenvalue weighted by molar-refractivity contribution is -0.136. The van der Waals surface area contributed by atoms with E-state index in [4.69, 9.17) is 25.8 Å². The Morgan fingerprint density at radius 3 is 2.64 bits per heavy atom. The molecule has 2 aromatic rings. The van der Waals surface area contributed by atoms with E-state index < -0.39 is 0 Å². The first-order chi connectivity index (χ1) is 13.6. The van der Waals surface area contributed by atoms with Crippen molar-refractivity contribution in [3.8, 4) is 17.2 Å². The molecule has 0 unspecified atom stereocenters. The lowest BCUT2D eigenvalue weighted by atomic mass is 10.2. The van der Waals surface area contributed by atoms with Crippen molar-refractivity contribution in [1.29, 1.82) is 0 Å². The molecule has 0 saturated heterocycles. The summed E-state index contributed by atoms with van der Waals surface area (Å²) in [7, 11) is 0. The third-order valence-corrected chi connectivity index (χ3v) is 4.39. The van der Waals surface area contributed by atoms with Crippen LogP contribution in [-0.2, 0) is 9.59 Å². The number of carbonyl (C=O) groups excluding carboxylic acids is 2. The minimum atomic E-state index is -0.315. The summed E-state index contributed by atoms with van der Waals surface area (Å²) in [6, 6.07) is 12.1. The number of benzene rings is 2. The van der Waals surface area contributed by atoms with E-state index in [0.29, 0.717) is 47.7 Å². The van der Waals surface area contributed by atoms with Crippen molar-refractivity contribution >= 4 is 29.1 Å². The van der Waals surface area contributed by atoms with Gasteiger partial charge in [-0.1, -0.05) is 23.7 Å². The Hall–Kier alpha value is -2.93. The van der Waals surface area contributed by atoms with Crippen LogP contribution in [0.15, 0.2) is 42.5 Å². The molecule has 0 aromatic heterocycles. The van der Waals surface area contributed by atoms with Crippen LogP contribution in [-0.4, -0.2) is 49.6 Å². The van der Waals surface area contributed by atoms with Gasteiger partial charge in [0, 0.05) is 18.3 Å². The maximum absolute atomic E-state index is 12.4. The van der Waals surface area contributed by atoms with Gasteiger partial charge in [0.1, 0.15) is 19.0 Å². The summed E-state index contributed by atoms with van der Waals surface area (Å²) in [6.45, 7) is 2.85. The zero-order valence-electron chi connectivity index (χ0n) is 15.4. The Bertz CT molecular complexity index is 858. The molecule has 1 N–H and O–H groups in total. The van der Waals surface area contributed by atoms with Gasteiger partial charge >= 0.3 is 0 Å². The third kappa shape index (κ3) is 5.07. The van der Waals surface area contributed by atoms with Crippen molar-refractivity contribution in [1.82, 2.24) is 4.90 Å². The predicted molar refractivity (Wildman–Crippen MR) is 105 cm³/mol. The number of nitrogens with one attached hydrogen (secondary N) is 1. The van der Waals surface area contributed by atoms with E-state index >= 15 is 0 Å². The van der Waals surface area contributed by atoms with Crippen molar-refractivity contribution < 1.29 is 23.8 Å². The fourth-order valence-electron chi connectivity index (χ4n) is 2.66. The highest BCUT2D eigenvalue weighted by atomic mass is 35.5. The Labute approximate surface area is 168 Å². The van der Waals surface area contributed by atoms with Crippen LogP contribution in [0.2, 0.25) is 5.02 Å². The third-order valence-electron chi connectivity index (χ3n) is 4.08. The number of anilines is 1. The van der Waals surface area contributed by atoms with Crippen LogP contribution in [0.1, 0.15) is 6.92 Å². The van der Waals surface area contributed by atoms with E-state index in [1.807, 2.05) is 0 Å². The zero-order chi connectivity index (χ0) is 19.9. The summed E-state index contributed by atoms with van der Waals surface area (Å²) in [5, 5.41) is 3.19. The highest BCUT2D eigenvalue weighted by Crippen LogP contribution is 2.32. The second-order valence-electron chi connectivity index (χ2n) is 6.03. The van der Waals surface area contributed by atoms with Gasteiger partial charge in [-0.3, -0.25) is 9.59 Å². The molecule has 8 heteroatoms. The molecule has 3 rings (SSSR count). The molecular formula is C20H21ClN2O5. The van der Waals surface area contributed by atoms with Crippen molar-refractivity contribution in [2.45, 2.75) is 6.92 Å². The van der Waals surface area contributed by atoms with Gasteiger partial charge in [-0.2, -0.15) is 0 Å². The van der Waals surface area contributed by atoms with Gasteiger partial charge < -0.3 is 24.4 Å². The molecule has 0 radical (unpaired) electrons. The monoisotopic (exact) mass is 404 g/mol. The summed E-state index contributed by atoms with van der Waals surface area (Å²) in [5.41, 5.74) is 0.574. The number of hydrogen-bond donors (Lipinski definition) is 1. The standard InChI is InChI=1S/C20H21ClN2O5/c1-2-23(20(25)13-28-16-6-4-3-5-15(16)21)12-19(24)22-14-7-8-17-18(11-14)27-10-9-26-17/h3-8,11H,2,9-10,12-13H2,1H3,(H,22,24). The van der Waals surface area contributed by atoms with E-state index in [-0.39, 0.29) is 25.0 Å². The van der Waals surface area contributed by atoms with Gasteiger partial charge in [-0.05, 0) is 31.2 Å². The molecule has 0 bridgehead atoms. The van der Waals surface area contributed by atoms with E-state index in [0.717, 1.165) is 0 Å². The van der Waals surface area contributed by atoms with Crippen LogP contribution in [0.3, 0.4) is 0 Å². The molecule has 148 valence electrons. The molecule has 0 atom stereocenters. The molecule has 1 aliphatic heterocycles. The van der Waals surface area contributed by atoms with Crippen LogP contribution in [0.5, 0.6) is 17.2 Å². The predicted octanol–water partition coefficient (Wildman–Crippen LogP) is 2.98. The second kappa shape index (κ2) is 9.32. The first-order valence-corrected chi connectivity index (χ1v) is 9.29. The lowest BCUT2D eigenvalue weighted by Gasteiger charge is -2.21. The van der Waals surface area contributed by atoms with Gasteiger partial charge in [-0.15, -0.1) is 0 Å². The minimum Gasteiger partial charge on any atom is -0.486 e.